The number of amides is 1. The first-order valence-corrected chi connectivity index (χ1v) is 13.6. The highest BCUT2D eigenvalue weighted by atomic mass is 32.2. The van der Waals surface area contributed by atoms with Crippen molar-refractivity contribution in [1.82, 2.24) is 14.9 Å². The number of carboxylic acid groups (broad SMARTS) is 1. The molecule has 3 aliphatic rings. The largest absolute Gasteiger partial charge is 0.609 e. The van der Waals surface area contributed by atoms with Crippen LogP contribution >= 0.6 is 0 Å². The van der Waals surface area contributed by atoms with Crippen molar-refractivity contribution < 1.29 is 23.6 Å². The number of halogens is 1. The lowest BCUT2D eigenvalue weighted by Gasteiger charge is -2.44. The normalized spacial score (nSPS) is 24.7. The SMILES string of the molecule is COC[C@H]1CN(c2nc([S+](C)[O-])nc3c2CC[C@]2(CCc4c(F)cccc4C2)C3)CCN1C(=O)O. The highest BCUT2D eigenvalue weighted by Gasteiger charge is 2.41. The molecule has 0 bridgehead atoms. The van der Waals surface area contributed by atoms with Crippen LogP contribution in [0.5, 0.6) is 0 Å². The summed E-state index contributed by atoms with van der Waals surface area (Å²) in [5.74, 6) is 0.649. The third-order valence-electron chi connectivity index (χ3n) is 7.83. The minimum absolute atomic E-state index is 0.00646. The number of rotatable bonds is 4. The summed E-state index contributed by atoms with van der Waals surface area (Å²) < 4.78 is 32.1. The van der Waals surface area contributed by atoms with E-state index in [0.29, 0.717) is 31.4 Å². The molecule has 188 valence electrons. The first-order valence-electron chi connectivity index (χ1n) is 12.0. The number of ether oxygens (including phenoxy) is 1. The fourth-order valence-electron chi connectivity index (χ4n) is 6.05. The molecule has 2 aromatic rings. The molecule has 1 aromatic carbocycles. The van der Waals surface area contributed by atoms with Gasteiger partial charge in [0, 0.05) is 43.5 Å². The van der Waals surface area contributed by atoms with E-state index in [4.69, 9.17) is 14.7 Å². The van der Waals surface area contributed by atoms with Crippen molar-refractivity contribution in [2.24, 2.45) is 5.41 Å². The quantitative estimate of drug-likeness (QED) is 0.507. The van der Waals surface area contributed by atoms with E-state index in [1.807, 2.05) is 6.07 Å². The molecule has 1 amide bonds. The number of hydrogen-bond acceptors (Lipinski definition) is 6. The summed E-state index contributed by atoms with van der Waals surface area (Å²) in [6, 6.07) is 5.04. The van der Waals surface area contributed by atoms with Crippen molar-refractivity contribution >= 4 is 23.1 Å². The smallest absolute Gasteiger partial charge is 0.407 e. The number of anilines is 1. The van der Waals surface area contributed by atoms with E-state index in [1.165, 1.54) is 11.0 Å². The van der Waals surface area contributed by atoms with Crippen LogP contribution < -0.4 is 4.90 Å². The van der Waals surface area contributed by atoms with Gasteiger partial charge in [-0.3, -0.25) is 4.90 Å². The van der Waals surface area contributed by atoms with Gasteiger partial charge in [-0.15, -0.1) is 0 Å². The molecule has 10 heteroatoms. The molecule has 1 unspecified atom stereocenters. The fourth-order valence-corrected chi connectivity index (χ4v) is 6.51. The van der Waals surface area contributed by atoms with Crippen LogP contribution in [0, 0.1) is 11.2 Å². The summed E-state index contributed by atoms with van der Waals surface area (Å²) in [6.07, 6.45) is 5.56. The van der Waals surface area contributed by atoms with Crippen LogP contribution in [0.25, 0.3) is 0 Å². The van der Waals surface area contributed by atoms with Crippen molar-refractivity contribution in [3.8, 4) is 0 Å². The molecule has 1 spiro atoms. The second-order valence-corrected chi connectivity index (χ2v) is 11.2. The summed E-state index contributed by atoms with van der Waals surface area (Å²) in [5.41, 5.74) is 3.92. The first kappa shape index (κ1) is 24.3. The van der Waals surface area contributed by atoms with Gasteiger partial charge >= 0.3 is 11.2 Å². The maximum Gasteiger partial charge on any atom is 0.407 e. The molecule has 2 heterocycles. The van der Waals surface area contributed by atoms with E-state index in [9.17, 15) is 18.8 Å². The predicted octanol–water partition coefficient (Wildman–Crippen LogP) is 2.83. The Hall–Kier alpha value is -2.43. The van der Waals surface area contributed by atoms with Gasteiger partial charge < -0.3 is 19.3 Å². The zero-order valence-corrected chi connectivity index (χ0v) is 20.9. The molecule has 3 atom stereocenters. The Bertz CT molecular complexity index is 1130. The lowest BCUT2D eigenvalue weighted by atomic mass is 9.63. The minimum atomic E-state index is -1.35. The van der Waals surface area contributed by atoms with E-state index >= 15 is 0 Å². The maximum absolute atomic E-state index is 14.3. The van der Waals surface area contributed by atoms with Crippen molar-refractivity contribution in [2.45, 2.75) is 49.7 Å². The summed E-state index contributed by atoms with van der Waals surface area (Å²) in [4.78, 5) is 24.7. The average molecular weight is 503 g/mol. The van der Waals surface area contributed by atoms with Crippen LogP contribution in [-0.2, 0) is 41.6 Å². The third kappa shape index (κ3) is 4.59. The standard InChI is InChI=1S/C25H31FN4O4S/c1-34-15-17-14-29(10-11-30(17)24(31)32)22-19-7-9-25(13-21(19)27-23(28-22)35(2)33)8-6-18-16(12-25)4-3-5-20(18)26/h3-5,17H,6-15H2,1-2H3,(H,31,32)/t17-,25+,35?/m1/s1. The second kappa shape index (κ2) is 9.55. The fraction of sp³-hybridized carbons (Fsp3) is 0.560. The van der Waals surface area contributed by atoms with Crippen LogP contribution in [0.1, 0.15) is 35.2 Å². The number of aromatic nitrogens is 2. The molecule has 1 aromatic heterocycles. The Morgan fingerprint density at radius 2 is 2.03 bits per heavy atom. The van der Waals surface area contributed by atoms with E-state index in [2.05, 4.69) is 4.90 Å². The van der Waals surface area contributed by atoms with Crippen molar-refractivity contribution in [3.05, 3.63) is 46.4 Å². The second-order valence-electron chi connectivity index (χ2n) is 9.97. The number of carbonyl (C=O) groups is 1. The van der Waals surface area contributed by atoms with Crippen molar-refractivity contribution in [1.29, 1.82) is 0 Å². The van der Waals surface area contributed by atoms with Crippen molar-refractivity contribution in [3.63, 3.8) is 0 Å². The highest BCUT2D eigenvalue weighted by molar-refractivity contribution is 7.90. The zero-order valence-electron chi connectivity index (χ0n) is 20.1. The first-order chi connectivity index (χ1) is 16.8. The third-order valence-corrected chi connectivity index (χ3v) is 8.53. The summed E-state index contributed by atoms with van der Waals surface area (Å²) in [7, 11) is 1.57. The van der Waals surface area contributed by atoms with E-state index in [-0.39, 0.29) is 17.3 Å². The number of methoxy groups -OCH3 is 1. The molecule has 1 N–H and O–H groups in total. The van der Waals surface area contributed by atoms with Gasteiger partial charge in [0.25, 0.3) is 0 Å². The van der Waals surface area contributed by atoms with Crippen LogP contribution in [0.4, 0.5) is 15.0 Å². The van der Waals surface area contributed by atoms with Crippen LogP contribution in [0.15, 0.2) is 23.4 Å². The number of fused-ring (bicyclic) bond motifs is 2. The lowest BCUT2D eigenvalue weighted by molar-refractivity contribution is 0.0734. The monoisotopic (exact) mass is 502 g/mol. The molecule has 0 saturated carbocycles. The number of hydrogen-bond donors (Lipinski definition) is 1. The molecular weight excluding hydrogens is 471 g/mol. The number of benzene rings is 1. The zero-order chi connectivity index (χ0) is 24.7. The molecule has 1 saturated heterocycles. The predicted molar refractivity (Wildman–Crippen MR) is 130 cm³/mol. The average Bonchev–Trinajstić information content (AvgIpc) is 2.83. The Morgan fingerprint density at radius 3 is 2.74 bits per heavy atom. The van der Waals surface area contributed by atoms with Crippen molar-refractivity contribution in [2.75, 3.05) is 44.5 Å². The van der Waals surface area contributed by atoms with Gasteiger partial charge in [-0.05, 0) is 61.1 Å². The summed E-state index contributed by atoms with van der Waals surface area (Å²) in [6.45, 7) is 1.60. The Morgan fingerprint density at radius 1 is 1.26 bits per heavy atom. The number of nitrogens with zero attached hydrogens (tertiary/aromatic N) is 4. The molecule has 5 rings (SSSR count). The molecule has 1 aliphatic heterocycles. The van der Waals surface area contributed by atoms with Gasteiger partial charge in [-0.25, -0.2) is 9.18 Å². The van der Waals surface area contributed by atoms with Gasteiger partial charge in [0.05, 0.1) is 18.3 Å². The topological polar surface area (TPSA) is 102 Å². The van der Waals surface area contributed by atoms with Crippen LogP contribution in [0.2, 0.25) is 0 Å². The van der Waals surface area contributed by atoms with Gasteiger partial charge in [-0.1, -0.05) is 12.1 Å². The molecule has 2 aliphatic carbocycles. The molecule has 1 fully saturated rings. The van der Waals surface area contributed by atoms with Crippen LogP contribution in [0.3, 0.4) is 0 Å². The molecule has 8 nitrogen and oxygen atoms in total. The Balaban J connectivity index is 1.47. The molecular formula is C25H31FN4O4S. The highest BCUT2D eigenvalue weighted by Crippen LogP contribution is 2.47. The van der Waals surface area contributed by atoms with E-state index in [1.54, 1.807) is 19.4 Å². The van der Waals surface area contributed by atoms with Gasteiger partial charge in [-0.2, -0.15) is 9.97 Å². The Labute approximate surface area is 207 Å². The van der Waals surface area contributed by atoms with Gasteiger partial charge in [0.1, 0.15) is 17.9 Å². The molecule has 35 heavy (non-hydrogen) atoms. The Kier molecular flexibility index (Phi) is 6.63. The van der Waals surface area contributed by atoms with E-state index < -0.39 is 17.3 Å². The maximum atomic E-state index is 14.3. The summed E-state index contributed by atoms with van der Waals surface area (Å²) >= 11 is -1.35. The summed E-state index contributed by atoms with van der Waals surface area (Å²) in [5, 5.41) is 9.90. The minimum Gasteiger partial charge on any atom is -0.609 e. The molecule has 0 radical (unpaired) electrons. The number of piperazine rings is 1. The van der Waals surface area contributed by atoms with Gasteiger partial charge in [0.2, 0.25) is 0 Å². The van der Waals surface area contributed by atoms with Crippen LogP contribution in [-0.4, -0.2) is 76.3 Å². The lowest BCUT2D eigenvalue weighted by Crippen LogP contribution is -2.57. The van der Waals surface area contributed by atoms with E-state index in [0.717, 1.165) is 66.7 Å². The van der Waals surface area contributed by atoms with Gasteiger partial charge in [0.15, 0.2) is 0 Å².